The Labute approximate surface area is 159 Å². The summed E-state index contributed by atoms with van der Waals surface area (Å²) in [5.41, 5.74) is -0.0135. The van der Waals surface area contributed by atoms with Crippen molar-refractivity contribution in [3.63, 3.8) is 0 Å². The lowest BCUT2D eigenvalue weighted by molar-refractivity contribution is -0.137. The number of hydrogen-bond acceptors (Lipinski definition) is 4. The normalized spacial score (nSPS) is 14.2. The Kier molecular flexibility index (Phi) is 5.62. The van der Waals surface area contributed by atoms with Gasteiger partial charge in [0.2, 0.25) is 0 Å². The molecule has 0 aliphatic carbocycles. The van der Waals surface area contributed by atoms with Crippen LogP contribution in [0.1, 0.15) is 28.9 Å². The molecule has 1 N–H and O–H groups in total. The van der Waals surface area contributed by atoms with Crippen LogP contribution in [0.3, 0.4) is 0 Å². The number of amides is 1. The summed E-state index contributed by atoms with van der Waals surface area (Å²) in [6, 6.07) is 6.46. The number of rotatable bonds is 5. The van der Waals surface area contributed by atoms with Crippen molar-refractivity contribution in [1.29, 1.82) is 0 Å². The summed E-state index contributed by atoms with van der Waals surface area (Å²) >= 11 is 0. The lowest BCUT2D eigenvalue weighted by Crippen LogP contribution is -2.25. The molecule has 6 nitrogen and oxygen atoms in total. The van der Waals surface area contributed by atoms with Gasteiger partial charge in [0.05, 0.1) is 16.9 Å². The van der Waals surface area contributed by atoms with Crippen molar-refractivity contribution in [1.82, 2.24) is 4.57 Å². The van der Waals surface area contributed by atoms with Crippen molar-refractivity contribution in [2.24, 2.45) is 7.05 Å². The Morgan fingerprint density at radius 3 is 2.50 bits per heavy atom. The summed E-state index contributed by atoms with van der Waals surface area (Å²) < 4.78 is 45.7. The van der Waals surface area contributed by atoms with Gasteiger partial charge in [0.25, 0.3) is 5.91 Å². The highest BCUT2D eigenvalue weighted by Gasteiger charge is 2.32. The van der Waals surface area contributed by atoms with Crippen LogP contribution in [-0.2, 0) is 22.8 Å². The Balaban J connectivity index is 1.72. The van der Waals surface area contributed by atoms with Crippen molar-refractivity contribution in [2.45, 2.75) is 19.0 Å². The molecular formula is C19H20F3N3O3. The predicted octanol–water partition coefficient (Wildman–Crippen LogP) is 3.44. The summed E-state index contributed by atoms with van der Waals surface area (Å²) in [5.74, 6) is -1.39. The topological polar surface area (TPSA) is 63.6 Å². The summed E-state index contributed by atoms with van der Waals surface area (Å²) in [5, 5.41) is 2.45. The highest BCUT2D eigenvalue weighted by atomic mass is 19.4. The van der Waals surface area contributed by atoms with Crippen LogP contribution in [0.25, 0.3) is 0 Å². The van der Waals surface area contributed by atoms with Crippen molar-refractivity contribution < 1.29 is 27.5 Å². The number of hydrogen-bond donors (Lipinski definition) is 1. The summed E-state index contributed by atoms with van der Waals surface area (Å²) in [6.45, 7) is 0.813. The number of esters is 1. The number of halogens is 3. The van der Waals surface area contributed by atoms with Gasteiger partial charge >= 0.3 is 12.1 Å². The van der Waals surface area contributed by atoms with E-state index in [9.17, 15) is 22.8 Å². The highest BCUT2D eigenvalue weighted by molar-refractivity contribution is 5.97. The van der Waals surface area contributed by atoms with Crippen LogP contribution in [0.5, 0.6) is 0 Å². The van der Waals surface area contributed by atoms with E-state index in [-0.39, 0.29) is 11.4 Å². The Hall–Kier alpha value is -2.97. The first-order chi connectivity index (χ1) is 13.3. The molecule has 2 heterocycles. The van der Waals surface area contributed by atoms with E-state index in [1.807, 2.05) is 4.90 Å². The Morgan fingerprint density at radius 2 is 1.89 bits per heavy atom. The third kappa shape index (κ3) is 4.47. The maximum atomic E-state index is 13.1. The first-order valence-corrected chi connectivity index (χ1v) is 8.80. The maximum Gasteiger partial charge on any atom is 0.416 e. The molecule has 1 aliphatic heterocycles. The number of ether oxygens (including phenoxy) is 1. The number of aromatic nitrogens is 1. The molecule has 1 aromatic heterocycles. The predicted molar refractivity (Wildman–Crippen MR) is 97.2 cm³/mol. The minimum atomic E-state index is -4.53. The summed E-state index contributed by atoms with van der Waals surface area (Å²) in [6.07, 6.45) is -1.00. The number of nitrogens with one attached hydrogen (secondary N) is 1. The van der Waals surface area contributed by atoms with Crippen molar-refractivity contribution in [3.8, 4) is 0 Å². The second-order valence-electron chi connectivity index (χ2n) is 6.55. The number of carbonyl (C=O) groups excluding carboxylic acids is 2. The van der Waals surface area contributed by atoms with Gasteiger partial charge in [-0.05, 0) is 43.2 Å². The van der Waals surface area contributed by atoms with Crippen LogP contribution in [0, 0.1) is 0 Å². The molecule has 9 heteroatoms. The van der Waals surface area contributed by atoms with Gasteiger partial charge in [0.15, 0.2) is 6.61 Å². The summed E-state index contributed by atoms with van der Waals surface area (Å²) in [4.78, 5) is 26.1. The SMILES string of the molecule is Cn1cccc1C(=O)OCC(=O)Nc1cc(C(F)(F)F)ccc1N1CCCC1. The molecule has 1 saturated heterocycles. The lowest BCUT2D eigenvalue weighted by Gasteiger charge is -2.23. The maximum absolute atomic E-state index is 13.1. The molecule has 1 fully saturated rings. The van der Waals surface area contributed by atoms with Gasteiger partial charge in [-0.3, -0.25) is 4.79 Å². The molecule has 0 unspecified atom stereocenters. The first kappa shape index (κ1) is 19.8. The Morgan fingerprint density at radius 1 is 1.18 bits per heavy atom. The quantitative estimate of drug-likeness (QED) is 0.788. The monoisotopic (exact) mass is 395 g/mol. The van der Waals surface area contributed by atoms with Crippen molar-refractivity contribution >= 4 is 23.3 Å². The van der Waals surface area contributed by atoms with E-state index in [4.69, 9.17) is 4.74 Å². The van der Waals surface area contributed by atoms with Crippen LogP contribution in [-0.4, -0.2) is 36.1 Å². The number of carbonyl (C=O) groups is 2. The first-order valence-electron chi connectivity index (χ1n) is 8.80. The molecule has 3 rings (SSSR count). The zero-order chi connectivity index (χ0) is 20.3. The standard InChI is InChI=1S/C19H20F3N3O3/c1-24-8-4-5-16(24)18(27)28-12-17(26)23-14-11-13(19(20,21)22)6-7-15(14)25-9-2-3-10-25/h4-8,11H,2-3,9-10,12H2,1H3,(H,23,26). The highest BCUT2D eigenvalue weighted by Crippen LogP contribution is 2.36. The smallest absolute Gasteiger partial charge is 0.416 e. The minimum Gasteiger partial charge on any atom is -0.451 e. The van der Waals surface area contributed by atoms with Crippen molar-refractivity contribution in [3.05, 3.63) is 47.8 Å². The molecule has 0 saturated carbocycles. The van der Waals surface area contributed by atoms with Crippen LogP contribution in [0.15, 0.2) is 36.5 Å². The number of benzene rings is 1. The van der Waals surface area contributed by atoms with Gasteiger partial charge in [-0.2, -0.15) is 13.2 Å². The van der Waals surface area contributed by atoms with E-state index in [0.717, 1.165) is 25.0 Å². The molecule has 0 spiro atoms. The fourth-order valence-corrected chi connectivity index (χ4v) is 3.11. The molecule has 150 valence electrons. The number of nitrogens with zero attached hydrogens (tertiary/aromatic N) is 2. The molecule has 1 aliphatic rings. The van der Waals surface area contributed by atoms with Gasteiger partial charge in [0, 0.05) is 26.3 Å². The fraction of sp³-hybridized carbons (Fsp3) is 0.368. The van der Waals surface area contributed by atoms with Gasteiger partial charge in [-0.25, -0.2) is 4.79 Å². The van der Waals surface area contributed by atoms with Gasteiger partial charge in [-0.15, -0.1) is 0 Å². The van der Waals surface area contributed by atoms with Gasteiger partial charge < -0.3 is 19.5 Å². The average Bonchev–Trinajstić information content (AvgIpc) is 3.30. The van der Waals surface area contributed by atoms with E-state index in [1.54, 1.807) is 29.9 Å². The van der Waals surface area contributed by atoms with Crippen LogP contribution in [0.4, 0.5) is 24.5 Å². The number of alkyl halides is 3. The molecule has 1 amide bonds. The van der Waals surface area contributed by atoms with Crippen LogP contribution >= 0.6 is 0 Å². The van der Waals surface area contributed by atoms with Crippen LogP contribution in [0.2, 0.25) is 0 Å². The molecule has 0 radical (unpaired) electrons. The number of anilines is 2. The third-order valence-electron chi connectivity index (χ3n) is 4.53. The Bertz CT molecular complexity index is 871. The van der Waals surface area contributed by atoms with Gasteiger partial charge in [-0.1, -0.05) is 0 Å². The van der Waals surface area contributed by atoms with E-state index in [1.165, 1.54) is 6.07 Å². The largest absolute Gasteiger partial charge is 0.451 e. The van der Waals surface area contributed by atoms with E-state index in [2.05, 4.69) is 5.32 Å². The minimum absolute atomic E-state index is 0.0524. The summed E-state index contributed by atoms with van der Waals surface area (Å²) in [7, 11) is 1.65. The second-order valence-corrected chi connectivity index (χ2v) is 6.55. The van der Waals surface area contributed by atoms with Crippen molar-refractivity contribution in [2.75, 3.05) is 29.9 Å². The molecule has 1 aromatic carbocycles. The molecule has 0 atom stereocenters. The molecular weight excluding hydrogens is 375 g/mol. The zero-order valence-electron chi connectivity index (χ0n) is 15.3. The second kappa shape index (κ2) is 7.95. The zero-order valence-corrected chi connectivity index (χ0v) is 15.3. The average molecular weight is 395 g/mol. The van der Waals surface area contributed by atoms with Gasteiger partial charge in [0.1, 0.15) is 5.69 Å². The van der Waals surface area contributed by atoms with Crippen LogP contribution < -0.4 is 10.2 Å². The lowest BCUT2D eigenvalue weighted by atomic mass is 10.1. The number of aryl methyl sites for hydroxylation is 1. The fourth-order valence-electron chi connectivity index (χ4n) is 3.11. The molecule has 0 bridgehead atoms. The van der Waals surface area contributed by atoms with E-state index >= 15 is 0 Å². The molecule has 28 heavy (non-hydrogen) atoms. The molecule has 2 aromatic rings. The van der Waals surface area contributed by atoms with E-state index < -0.39 is 30.2 Å². The third-order valence-corrected chi connectivity index (χ3v) is 4.53. The van der Waals surface area contributed by atoms with E-state index in [0.29, 0.717) is 18.8 Å².